The molecule has 0 bridgehead atoms. The van der Waals surface area contributed by atoms with Gasteiger partial charge in [0.05, 0.1) is 23.3 Å². The van der Waals surface area contributed by atoms with E-state index >= 15 is 0 Å². The van der Waals surface area contributed by atoms with Crippen LogP contribution in [0.3, 0.4) is 0 Å². The minimum absolute atomic E-state index is 0.000720. The first-order valence-electron chi connectivity index (χ1n) is 6.64. The van der Waals surface area contributed by atoms with Crippen molar-refractivity contribution in [2.75, 3.05) is 0 Å². The smallest absolute Gasteiger partial charge is 0.315 e. The maximum atomic E-state index is 13.1. The van der Waals surface area contributed by atoms with Crippen molar-refractivity contribution in [2.45, 2.75) is 19.1 Å². The lowest BCUT2D eigenvalue weighted by molar-refractivity contribution is -0.147. The summed E-state index contributed by atoms with van der Waals surface area (Å²) in [5, 5.41) is 0. The highest BCUT2D eigenvalue weighted by Crippen LogP contribution is 2.35. The molecule has 0 fully saturated rings. The van der Waals surface area contributed by atoms with E-state index in [1.807, 2.05) is 0 Å². The summed E-state index contributed by atoms with van der Waals surface area (Å²) >= 11 is 0. The zero-order chi connectivity index (χ0) is 16.6. The first kappa shape index (κ1) is 15.4. The summed E-state index contributed by atoms with van der Waals surface area (Å²) < 4.78 is 65.3. The number of hydrogen-bond donors (Lipinski definition) is 0. The number of imidazole rings is 1. The third-order valence-corrected chi connectivity index (χ3v) is 3.29. The molecule has 23 heavy (non-hydrogen) atoms. The number of rotatable bonds is 3. The second-order valence-corrected chi connectivity index (χ2v) is 4.82. The van der Waals surface area contributed by atoms with E-state index in [-0.39, 0.29) is 11.0 Å². The zero-order valence-electron chi connectivity index (χ0n) is 11.6. The molecule has 2 heterocycles. The minimum Gasteiger partial charge on any atom is -0.315 e. The number of halogens is 5. The Bertz CT molecular complexity index is 824. The molecule has 0 aliphatic heterocycles. The third kappa shape index (κ3) is 2.88. The summed E-state index contributed by atoms with van der Waals surface area (Å²) in [6.07, 6.45) is -6.25. The van der Waals surface area contributed by atoms with Crippen molar-refractivity contribution in [3.63, 3.8) is 0 Å². The average molecular weight is 327 g/mol. The van der Waals surface area contributed by atoms with Crippen LogP contribution in [0.2, 0.25) is 0 Å². The fourth-order valence-electron chi connectivity index (χ4n) is 2.42. The molecular formula is C15H10F5N3. The van der Waals surface area contributed by atoms with Crippen LogP contribution in [0, 0.1) is 0 Å². The van der Waals surface area contributed by atoms with Gasteiger partial charge in [0.1, 0.15) is 0 Å². The first-order chi connectivity index (χ1) is 10.9. The largest absolute Gasteiger partial charge is 0.449 e. The Morgan fingerprint density at radius 1 is 1.04 bits per heavy atom. The Balaban J connectivity index is 2.29. The van der Waals surface area contributed by atoms with Gasteiger partial charge in [0.25, 0.3) is 6.43 Å². The van der Waals surface area contributed by atoms with Gasteiger partial charge < -0.3 is 4.57 Å². The fourth-order valence-corrected chi connectivity index (χ4v) is 2.42. The molecule has 3 rings (SSSR count). The molecule has 0 N–H and O–H groups in total. The molecule has 120 valence electrons. The molecular weight excluding hydrogens is 317 g/mol. The van der Waals surface area contributed by atoms with Gasteiger partial charge in [-0.05, 0) is 18.2 Å². The molecule has 0 aliphatic rings. The van der Waals surface area contributed by atoms with Crippen LogP contribution >= 0.6 is 0 Å². The number of nitrogens with zero attached hydrogens (tertiary/aromatic N) is 3. The van der Waals surface area contributed by atoms with Gasteiger partial charge in [-0.15, -0.1) is 0 Å². The Hall–Kier alpha value is -2.51. The molecule has 3 nitrogen and oxygen atoms in total. The fraction of sp³-hybridized carbons (Fsp3) is 0.200. The van der Waals surface area contributed by atoms with E-state index in [1.165, 1.54) is 18.3 Å². The van der Waals surface area contributed by atoms with Gasteiger partial charge in [-0.3, -0.25) is 4.98 Å². The normalized spacial score (nSPS) is 12.3. The van der Waals surface area contributed by atoms with Crippen molar-refractivity contribution in [2.24, 2.45) is 0 Å². The van der Waals surface area contributed by atoms with Gasteiger partial charge >= 0.3 is 6.18 Å². The lowest BCUT2D eigenvalue weighted by Gasteiger charge is -2.10. The van der Waals surface area contributed by atoms with Crippen LogP contribution < -0.4 is 0 Å². The predicted molar refractivity (Wildman–Crippen MR) is 74.0 cm³/mol. The molecule has 0 unspecified atom stereocenters. The number of pyridine rings is 1. The highest BCUT2D eigenvalue weighted by Gasteiger charge is 2.38. The predicted octanol–water partition coefficient (Wildman–Crippen LogP) is 4.38. The van der Waals surface area contributed by atoms with Crippen molar-refractivity contribution < 1.29 is 22.0 Å². The number of alkyl halides is 5. The van der Waals surface area contributed by atoms with E-state index in [2.05, 4.69) is 9.97 Å². The van der Waals surface area contributed by atoms with Crippen LogP contribution in [0.15, 0.2) is 42.6 Å². The van der Waals surface area contributed by atoms with E-state index in [9.17, 15) is 22.0 Å². The van der Waals surface area contributed by atoms with Crippen LogP contribution in [-0.2, 0) is 12.7 Å². The molecule has 0 saturated heterocycles. The van der Waals surface area contributed by atoms with Gasteiger partial charge in [-0.2, -0.15) is 13.2 Å². The average Bonchev–Trinajstić information content (AvgIpc) is 2.86. The van der Waals surface area contributed by atoms with Crippen LogP contribution in [-0.4, -0.2) is 21.0 Å². The monoisotopic (exact) mass is 327 g/mol. The van der Waals surface area contributed by atoms with Gasteiger partial charge in [0, 0.05) is 11.8 Å². The van der Waals surface area contributed by atoms with Gasteiger partial charge in [0.15, 0.2) is 0 Å². The standard InChI is InChI=1S/C15H10F5N3/c16-12(17)8-23-11-6-3-4-9(10-5-1-2-7-21-10)13(11)22-14(23)15(18,19)20/h1-7,12H,8H2. The van der Waals surface area contributed by atoms with E-state index in [1.54, 1.807) is 24.3 Å². The number of aromatic nitrogens is 3. The number of hydrogen-bond acceptors (Lipinski definition) is 2. The maximum Gasteiger partial charge on any atom is 0.449 e. The van der Waals surface area contributed by atoms with Crippen LogP contribution in [0.5, 0.6) is 0 Å². The topological polar surface area (TPSA) is 30.7 Å². The second-order valence-electron chi connectivity index (χ2n) is 4.82. The molecule has 0 saturated carbocycles. The van der Waals surface area contributed by atoms with Crippen molar-refractivity contribution in [3.8, 4) is 11.3 Å². The third-order valence-electron chi connectivity index (χ3n) is 3.29. The van der Waals surface area contributed by atoms with Gasteiger partial charge in [0.2, 0.25) is 5.82 Å². The van der Waals surface area contributed by atoms with Crippen molar-refractivity contribution in [1.29, 1.82) is 0 Å². The Morgan fingerprint density at radius 2 is 1.83 bits per heavy atom. The molecule has 8 heteroatoms. The maximum absolute atomic E-state index is 13.1. The molecule has 0 amide bonds. The summed E-state index contributed by atoms with van der Waals surface area (Å²) in [6.45, 7) is -1.07. The quantitative estimate of drug-likeness (QED) is 0.668. The number of benzene rings is 1. The summed E-state index contributed by atoms with van der Waals surface area (Å²) in [5.74, 6) is -1.34. The highest BCUT2D eigenvalue weighted by molar-refractivity contribution is 5.91. The Labute approximate surface area is 127 Å². The molecule has 0 aliphatic carbocycles. The van der Waals surface area contributed by atoms with E-state index in [0.717, 1.165) is 0 Å². The molecule has 0 radical (unpaired) electrons. The van der Waals surface area contributed by atoms with Gasteiger partial charge in [-0.25, -0.2) is 13.8 Å². The minimum atomic E-state index is -4.82. The lowest BCUT2D eigenvalue weighted by Crippen LogP contribution is -2.17. The summed E-state index contributed by atoms with van der Waals surface area (Å²) in [7, 11) is 0. The van der Waals surface area contributed by atoms with Gasteiger partial charge in [-0.1, -0.05) is 18.2 Å². The van der Waals surface area contributed by atoms with Crippen molar-refractivity contribution in [3.05, 3.63) is 48.4 Å². The zero-order valence-corrected chi connectivity index (χ0v) is 11.6. The second kappa shape index (κ2) is 5.60. The van der Waals surface area contributed by atoms with Crippen LogP contribution in [0.25, 0.3) is 22.3 Å². The van der Waals surface area contributed by atoms with Crippen molar-refractivity contribution in [1.82, 2.24) is 14.5 Å². The van der Waals surface area contributed by atoms with Crippen molar-refractivity contribution >= 4 is 11.0 Å². The number of para-hydroxylation sites is 1. The highest BCUT2D eigenvalue weighted by atomic mass is 19.4. The summed E-state index contributed by atoms with van der Waals surface area (Å²) in [5.41, 5.74) is 0.787. The number of fused-ring (bicyclic) bond motifs is 1. The lowest BCUT2D eigenvalue weighted by atomic mass is 10.1. The molecule has 2 aromatic heterocycles. The molecule has 3 aromatic rings. The van der Waals surface area contributed by atoms with E-state index < -0.39 is 25.0 Å². The molecule has 1 aromatic carbocycles. The summed E-state index contributed by atoms with van der Waals surface area (Å²) in [4.78, 5) is 7.66. The van der Waals surface area contributed by atoms with E-state index in [4.69, 9.17) is 0 Å². The first-order valence-corrected chi connectivity index (χ1v) is 6.64. The molecule has 0 spiro atoms. The molecule has 0 atom stereocenters. The van der Waals surface area contributed by atoms with Crippen LogP contribution in [0.1, 0.15) is 5.82 Å². The summed E-state index contributed by atoms with van der Waals surface area (Å²) in [6, 6.07) is 9.36. The van der Waals surface area contributed by atoms with Crippen LogP contribution in [0.4, 0.5) is 22.0 Å². The van der Waals surface area contributed by atoms with E-state index in [0.29, 0.717) is 15.8 Å². The Morgan fingerprint density at radius 3 is 2.43 bits per heavy atom. The SMILES string of the molecule is FC(F)Cn1c(C(F)(F)F)nc2c(-c3ccccn3)cccc21. The Kier molecular flexibility index (Phi) is 3.75.